The number of nitrogens with zero attached hydrogens (tertiary/aromatic N) is 2. The quantitative estimate of drug-likeness (QED) is 0.347. The van der Waals surface area contributed by atoms with Crippen molar-refractivity contribution in [3.05, 3.63) is 41.1 Å². The lowest BCUT2D eigenvalue weighted by Crippen LogP contribution is -3.00. The Kier molecular flexibility index (Phi) is 4.64. The van der Waals surface area contributed by atoms with Crippen LogP contribution in [0.5, 0.6) is 0 Å². The summed E-state index contributed by atoms with van der Waals surface area (Å²) >= 11 is 3.50. The van der Waals surface area contributed by atoms with Crippen LogP contribution in [-0.4, -0.2) is 4.98 Å². The van der Waals surface area contributed by atoms with E-state index in [1.54, 1.807) is 6.07 Å². The van der Waals surface area contributed by atoms with E-state index in [0.717, 1.165) is 22.1 Å². The van der Waals surface area contributed by atoms with Crippen molar-refractivity contribution in [2.75, 3.05) is 5.73 Å². The highest BCUT2D eigenvalue weighted by Gasteiger charge is 2.13. The van der Waals surface area contributed by atoms with Crippen molar-refractivity contribution in [2.24, 2.45) is 0 Å². The number of aromatic nitrogens is 2. The second kappa shape index (κ2) is 6.09. The summed E-state index contributed by atoms with van der Waals surface area (Å²) in [6, 6.07) is 7.46. The monoisotopic (exact) mass is 445 g/mol. The highest BCUT2D eigenvalue weighted by Crippen LogP contribution is 2.26. The highest BCUT2D eigenvalue weighted by molar-refractivity contribution is 9.10. The first-order chi connectivity index (χ1) is 9.15. The third-order valence-electron chi connectivity index (χ3n) is 2.91. The first-order valence-corrected chi connectivity index (χ1v) is 6.81. The van der Waals surface area contributed by atoms with Crippen LogP contribution >= 0.6 is 15.9 Å². The molecule has 0 radical (unpaired) electrons. The molecule has 1 aromatic carbocycles. The maximum absolute atomic E-state index is 5.76. The van der Waals surface area contributed by atoms with E-state index in [0.29, 0.717) is 17.2 Å². The van der Waals surface area contributed by atoms with Crippen molar-refractivity contribution < 1.29 is 33.0 Å². The molecule has 0 amide bonds. The van der Waals surface area contributed by atoms with E-state index in [9.17, 15) is 0 Å². The third kappa shape index (κ3) is 2.95. The molecule has 20 heavy (non-hydrogen) atoms. The second-order valence-corrected chi connectivity index (χ2v) is 5.24. The topological polar surface area (TPSA) is 55.9 Å². The SMILES string of the molecule is CC[n+]1cc(Br)cc(-c2nc3ccc(N)cc3o2)c1.[I-]. The number of pyridine rings is 1. The molecule has 0 aliphatic heterocycles. The molecule has 0 aliphatic carbocycles. The molecule has 0 fully saturated rings. The smallest absolute Gasteiger partial charge is 0.233 e. The molecule has 0 spiro atoms. The number of benzene rings is 1. The Morgan fingerprint density at radius 2 is 2.10 bits per heavy atom. The number of halogens is 2. The van der Waals surface area contributed by atoms with Crippen molar-refractivity contribution >= 4 is 32.7 Å². The van der Waals surface area contributed by atoms with Gasteiger partial charge >= 0.3 is 0 Å². The largest absolute Gasteiger partial charge is 1.00 e. The number of aryl methyl sites for hydroxylation is 1. The Morgan fingerprint density at radius 1 is 1.30 bits per heavy atom. The van der Waals surface area contributed by atoms with E-state index < -0.39 is 0 Å². The fraction of sp³-hybridized carbons (Fsp3) is 0.143. The number of nitrogens with two attached hydrogens (primary N) is 1. The fourth-order valence-corrected chi connectivity index (χ4v) is 2.47. The molecule has 2 aromatic heterocycles. The van der Waals surface area contributed by atoms with Gasteiger partial charge in [0.1, 0.15) is 17.6 Å². The van der Waals surface area contributed by atoms with E-state index in [-0.39, 0.29) is 24.0 Å². The minimum Gasteiger partial charge on any atom is -1.00 e. The maximum atomic E-state index is 5.76. The number of hydrogen-bond donors (Lipinski definition) is 1. The van der Waals surface area contributed by atoms with Crippen molar-refractivity contribution in [3.63, 3.8) is 0 Å². The fourth-order valence-electron chi connectivity index (χ4n) is 1.96. The third-order valence-corrected chi connectivity index (χ3v) is 3.35. The molecule has 3 aromatic rings. The second-order valence-electron chi connectivity index (χ2n) is 4.32. The Balaban J connectivity index is 0.00000147. The van der Waals surface area contributed by atoms with E-state index in [1.807, 2.05) is 30.6 Å². The van der Waals surface area contributed by atoms with Crippen LogP contribution in [-0.2, 0) is 6.54 Å². The van der Waals surface area contributed by atoms with Gasteiger partial charge in [-0.15, -0.1) is 0 Å². The van der Waals surface area contributed by atoms with Gasteiger partial charge in [-0.05, 0) is 41.1 Å². The molecule has 0 bridgehead atoms. The number of rotatable bonds is 2. The van der Waals surface area contributed by atoms with Crippen molar-refractivity contribution in [1.82, 2.24) is 4.98 Å². The van der Waals surface area contributed by atoms with Crippen molar-refractivity contribution in [1.29, 1.82) is 0 Å². The van der Waals surface area contributed by atoms with E-state index in [2.05, 4.69) is 32.4 Å². The minimum atomic E-state index is 0. The lowest BCUT2D eigenvalue weighted by atomic mass is 10.3. The standard InChI is InChI=1S/C14H13BrN3O.HI/c1-2-18-7-9(5-10(15)8-18)14-17-12-4-3-11(16)6-13(12)19-14;/h3-8H,2,16H2,1H3;1H/q+1;/p-1. The molecule has 104 valence electrons. The van der Waals surface area contributed by atoms with Gasteiger partial charge in [0, 0.05) is 11.8 Å². The molecular formula is C14H13BrIN3O. The molecule has 4 nitrogen and oxygen atoms in total. The predicted octanol–water partition coefficient (Wildman–Crippen LogP) is 0.151. The van der Waals surface area contributed by atoms with Crippen LogP contribution in [0.25, 0.3) is 22.6 Å². The summed E-state index contributed by atoms with van der Waals surface area (Å²) in [5.74, 6) is 0.601. The number of anilines is 1. The van der Waals surface area contributed by atoms with Crippen LogP contribution in [0, 0.1) is 0 Å². The minimum absolute atomic E-state index is 0. The Hall–Kier alpha value is -1.15. The van der Waals surface area contributed by atoms with Gasteiger partial charge in [0.25, 0.3) is 0 Å². The summed E-state index contributed by atoms with van der Waals surface area (Å²) in [5.41, 5.74) is 8.87. The molecule has 0 aliphatic rings. The van der Waals surface area contributed by atoms with Gasteiger partial charge in [0.15, 0.2) is 18.0 Å². The summed E-state index contributed by atoms with van der Waals surface area (Å²) in [4.78, 5) is 4.48. The van der Waals surface area contributed by atoms with E-state index in [4.69, 9.17) is 10.2 Å². The van der Waals surface area contributed by atoms with Crippen LogP contribution in [0.15, 0.2) is 45.5 Å². The van der Waals surface area contributed by atoms with Crippen LogP contribution in [0.4, 0.5) is 5.69 Å². The van der Waals surface area contributed by atoms with Crippen molar-refractivity contribution in [2.45, 2.75) is 13.5 Å². The Bertz CT molecular complexity index is 757. The van der Waals surface area contributed by atoms with Crippen LogP contribution < -0.4 is 34.3 Å². The Morgan fingerprint density at radius 3 is 2.85 bits per heavy atom. The van der Waals surface area contributed by atoms with Gasteiger partial charge in [0.05, 0.1) is 4.47 Å². The predicted molar refractivity (Wildman–Crippen MR) is 77.4 cm³/mol. The first-order valence-electron chi connectivity index (χ1n) is 6.02. The highest BCUT2D eigenvalue weighted by atomic mass is 127. The molecule has 0 saturated carbocycles. The van der Waals surface area contributed by atoms with E-state index >= 15 is 0 Å². The summed E-state index contributed by atoms with van der Waals surface area (Å²) in [5, 5.41) is 0. The molecule has 2 N–H and O–H groups in total. The molecule has 0 saturated heterocycles. The molecule has 0 unspecified atom stereocenters. The van der Waals surface area contributed by atoms with Gasteiger partial charge in [-0.25, -0.2) is 9.55 Å². The van der Waals surface area contributed by atoms with Gasteiger partial charge in [0.2, 0.25) is 5.89 Å². The molecule has 3 rings (SSSR count). The lowest BCUT2D eigenvalue weighted by molar-refractivity contribution is -0.693. The maximum Gasteiger partial charge on any atom is 0.233 e. The average molecular weight is 446 g/mol. The number of fused-ring (bicyclic) bond motifs is 1. The normalized spacial score (nSPS) is 10.5. The van der Waals surface area contributed by atoms with Gasteiger partial charge in [-0.3, -0.25) is 0 Å². The zero-order valence-electron chi connectivity index (χ0n) is 10.8. The molecule has 2 heterocycles. The van der Waals surface area contributed by atoms with Crippen LogP contribution in [0.2, 0.25) is 0 Å². The summed E-state index contributed by atoms with van der Waals surface area (Å²) < 4.78 is 8.83. The number of nitrogen functional groups attached to an aromatic ring is 1. The van der Waals surface area contributed by atoms with Gasteiger partial charge < -0.3 is 34.1 Å². The number of oxazole rings is 1. The number of hydrogen-bond acceptors (Lipinski definition) is 3. The summed E-state index contributed by atoms with van der Waals surface area (Å²) in [6.07, 6.45) is 4.03. The van der Waals surface area contributed by atoms with Gasteiger partial charge in [-0.2, -0.15) is 0 Å². The zero-order valence-corrected chi connectivity index (χ0v) is 14.6. The van der Waals surface area contributed by atoms with Crippen LogP contribution in [0.3, 0.4) is 0 Å². The lowest BCUT2D eigenvalue weighted by Gasteiger charge is -1.96. The first kappa shape index (κ1) is 15.2. The molecule has 6 heteroatoms. The van der Waals surface area contributed by atoms with E-state index in [1.165, 1.54) is 0 Å². The van der Waals surface area contributed by atoms with Crippen LogP contribution in [0.1, 0.15) is 6.92 Å². The average Bonchev–Trinajstić information content (AvgIpc) is 2.80. The summed E-state index contributed by atoms with van der Waals surface area (Å²) in [7, 11) is 0. The van der Waals surface area contributed by atoms with Gasteiger partial charge in [-0.1, -0.05) is 0 Å². The summed E-state index contributed by atoms with van der Waals surface area (Å²) in [6.45, 7) is 2.97. The zero-order chi connectivity index (χ0) is 13.4. The molecule has 0 atom stereocenters. The molecular weight excluding hydrogens is 433 g/mol. The Labute approximate surface area is 142 Å². The van der Waals surface area contributed by atoms with Crippen molar-refractivity contribution in [3.8, 4) is 11.5 Å².